The predicted octanol–water partition coefficient (Wildman–Crippen LogP) is -3.14. The summed E-state index contributed by atoms with van der Waals surface area (Å²) in [5.41, 5.74) is 5.42. The molecule has 17 nitrogen and oxygen atoms in total. The van der Waals surface area contributed by atoms with Crippen molar-refractivity contribution in [1.29, 1.82) is 0 Å². The van der Waals surface area contributed by atoms with E-state index in [4.69, 9.17) is 15.6 Å². The Balaban J connectivity index is 2.93. The predicted molar refractivity (Wildman–Crippen MR) is 146 cm³/mol. The van der Waals surface area contributed by atoms with Crippen LogP contribution >= 0.6 is 0 Å². The number of carbonyl (C=O) groups excluding carboxylic acids is 6. The first-order valence-electron chi connectivity index (χ1n) is 13.0. The van der Waals surface area contributed by atoms with Gasteiger partial charge in [-0.1, -0.05) is 18.2 Å². The lowest BCUT2D eigenvalue weighted by Crippen LogP contribution is -2.57. The van der Waals surface area contributed by atoms with E-state index < -0.39 is 91.2 Å². The number of aldehydes is 1. The van der Waals surface area contributed by atoms with E-state index in [1.807, 2.05) is 0 Å². The molecule has 0 saturated carbocycles. The number of rotatable bonds is 17. The topological polar surface area (TPSA) is 275 Å². The van der Waals surface area contributed by atoms with E-state index in [1.54, 1.807) is 18.2 Å². The summed E-state index contributed by atoms with van der Waals surface area (Å²) in [6, 6.07) is 3.38. The number of nitrogens with one attached hydrogen (secondary N) is 3. The summed E-state index contributed by atoms with van der Waals surface area (Å²) >= 11 is 0. The van der Waals surface area contributed by atoms with Crippen LogP contribution in [0.25, 0.3) is 0 Å². The van der Waals surface area contributed by atoms with Gasteiger partial charge in [0.05, 0.1) is 6.61 Å². The van der Waals surface area contributed by atoms with E-state index in [9.17, 15) is 48.9 Å². The summed E-state index contributed by atoms with van der Waals surface area (Å²) < 4.78 is 5.52. The second kappa shape index (κ2) is 17.5. The fraction of sp³-hybridized carbons (Fsp3) is 0.500. The summed E-state index contributed by atoms with van der Waals surface area (Å²) in [5.74, 6) is -4.47. The lowest BCUT2D eigenvalue weighted by atomic mass is 10.0. The third-order valence-corrected chi connectivity index (χ3v) is 6.20. The molecular formula is C26H37N5O12. The molecule has 43 heavy (non-hydrogen) atoms. The van der Waals surface area contributed by atoms with E-state index in [-0.39, 0.29) is 18.3 Å². The lowest BCUT2D eigenvalue weighted by molar-refractivity contribution is -0.156. The third kappa shape index (κ3) is 11.4. The van der Waals surface area contributed by atoms with Gasteiger partial charge in [0.1, 0.15) is 48.8 Å². The Kier molecular flexibility index (Phi) is 14.9. The molecule has 6 amide bonds. The Morgan fingerprint density at radius 1 is 1.00 bits per heavy atom. The number of carbonyl (C=O) groups is 7. The highest BCUT2D eigenvalue weighted by atomic mass is 16.5. The minimum Gasteiger partial charge on any atom is -0.465 e. The quantitative estimate of drug-likeness (QED) is 0.0812. The number of hydrogen-bond donors (Lipinski definition) is 8. The first-order valence-corrected chi connectivity index (χ1v) is 13.0. The van der Waals surface area contributed by atoms with Crippen molar-refractivity contribution in [3.05, 3.63) is 35.9 Å². The van der Waals surface area contributed by atoms with Crippen LogP contribution in [0, 0.1) is 0 Å². The highest BCUT2D eigenvalue weighted by molar-refractivity contribution is 5.96. The fourth-order valence-corrected chi connectivity index (χ4v) is 3.54. The van der Waals surface area contributed by atoms with Crippen molar-refractivity contribution in [3.63, 3.8) is 0 Å². The van der Waals surface area contributed by atoms with Gasteiger partial charge in [-0.25, -0.2) is 4.79 Å². The Labute approximate surface area is 246 Å². The molecule has 1 rings (SSSR count). The molecule has 0 aliphatic carbocycles. The van der Waals surface area contributed by atoms with E-state index in [2.05, 4.69) is 16.0 Å². The smallest absolute Gasteiger partial charge is 0.413 e. The van der Waals surface area contributed by atoms with E-state index in [1.165, 1.54) is 26.0 Å². The summed E-state index contributed by atoms with van der Waals surface area (Å²) in [5, 5.41) is 45.5. The molecular weight excluding hydrogens is 574 g/mol. The maximum Gasteiger partial charge on any atom is 0.413 e. The molecule has 3 unspecified atom stereocenters. The Morgan fingerprint density at radius 2 is 1.60 bits per heavy atom. The number of imide groups is 1. The average Bonchev–Trinajstić information content (AvgIpc) is 2.98. The number of nitrogens with two attached hydrogens (primary N) is 1. The molecule has 0 heterocycles. The SMILES string of the molecule is CC(NC(=O)C(C)O[C@@H]([C@H](O)[C@H](O)CO)[C@H](C=O)NC(=O)c1ccccc1)C(=O)NC(CCC(=O)N(C)C(=O)O)C(N)=O. The van der Waals surface area contributed by atoms with Gasteiger partial charge in [-0.2, -0.15) is 0 Å². The summed E-state index contributed by atoms with van der Waals surface area (Å²) in [6.07, 6.45) is -9.10. The van der Waals surface area contributed by atoms with Gasteiger partial charge in [0, 0.05) is 19.0 Å². The number of ether oxygens (including phenoxy) is 1. The number of benzene rings is 1. The van der Waals surface area contributed by atoms with Crippen LogP contribution in [0.3, 0.4) is 0 Å². The number of aliphatic hydroxyl groups excluding tert-OH is 3. The summed E-state index contributed by atoms with van der Waals surface area (Å²) in [4.78, 5) is 84.8. The molecule has 0 bridgehead atoms. The van der Waals surface area contributed by atoms with Crippen molar-refractivity contribution in [2.45, 2.75) is 69.2 Å². The molecule has 0 fully saturated rings. The number of carboxylic acid groups (broad SMARTS) is 1. The molecule has 0 spiro atoms. The highest BCUT2D eigenvalue weighted by Crippen LogP contribution is 2.13. The average molecular weight is 612 g/mol. The van der Waals surface area contributed by atoms with E-state index >= 15 is 0 Å². The van der Waals surface area contributed by atoms with Crippen molar-refractivity contribution in [1.82, 2.24) is 20.9 Å². The zero-order valence-corrected chi connectivity index (χ0v) is 23.7. The van der Waals surface area contributed by atoms with Crippen LogP contribution in [0.5, 0.6) is 0 Å². The molecule has 0 aliphatic heterocycles. The minimum atomic E-state index is -1.95. The number of hydrogen-bond acceptors (Lipinski definition) is 11. The van der Waals surface area contributed by atoms with Crippen molar-refractivity contribution in [2.75, 3.05) is 13.7 Å². The largest absolute Gasteiger partial charge is 0.465 e. The van der Waals surface area contributed by atoms with Gasteiger partial charge < -0.3 is 51.6 Å². The molecule has 7 atom stereocenters. The Morgan fingerprint density at radius 3 is 2.12 bits per heavy atom. The second-order valence-electron chi connectivity index (χ2n) is 9.45. The van der Waals surface area contributed by atoms with Gasteiger partial charge in [-0.15, -0.1) is 0 Å². The van der Waals surface area contributed by atoms with Crippen LogP contribution in [0.15, 0.2) is 30.3 Å². The molecule has 1 aromatic rings. The van der Waals surface area contributed by atoms with Crippen molar-refractivity contribution < 1.29 is 58.7 Å². The first-order chi connectivity index (χ1) is 20.1. The van der Waals surface area contributed by atoms with Gasteiger partial charge in [0.2, 0.25) is 23.6 Å². The molecule has 0 radical (unpaired) electrons. The molecule has 0 aliphatic rings. The van der Waals surface area contributed by atoms with Crippen LogP contribution in [-0.4, -0.2) is 123 Å². The number of aliphatic hydroxyl groups is 3. The fourth-order valence-electron chi connectivity index (χ4n) is 3.54. The minimum absolute atomic E-state index is 0.156. The zero-order valence-electron chi connectivity index (χ0n) is 23.7. The second-order valence-corrected chi connectivity index (χ2v) is 9.45. The molecule has 1 aromatic carbocycles. The van der Waals surface area contributed by atoms with Crippen LogP contribution in [-0.2, 0) is 28.7 Å². The molecule has 0 saturated heterocycles. The van der Waals surface area contributed by atoms with Gasteiger partial charge in [-0.05, 0) is 32.4 Å². The summed E-state index contributed by atoms with van der Waals surface area (Å²) in [7, 11) is 1.01. The van der Waals surface area contributed by atoms with Gasteiger partial charge in [0.25, 0.3) is 5.91 Å². The molecule has 17 heteroatoms. The highest BCUT2D eigenvalue weighted by Gasteiger charge is 2.37. The maximum absolute atomic E-state index is 12.8. The van der Waals surface area contributed by atoms with Gasteiger partial charge in [0.15, 0.2) is 0 Å². The number of nitrogens with zero attached hydrogens (tertiary/aromatic N) is 1. The maximum atomic E-state index is 12.8. The number of amides is 6. The van der Waals surface area contributed by atoms with Crippen molar-refractivity contribution in [2.24, 2.45) is 5.73 Å². The third-order valence-electron chi connectivity index (χ3n) is 6.20. The lowest BCUT2D eigenvalue weighted by Gasteiger charge is -2.32. The molecule has 238 valence electrons. The van der Waals surface area contributed by atoms with Crippen LogP contribution in [0.1, 0.15) is 37.0 Å². The van der Waals surface area contributed by atoms with Gasteiger partial charge in [-0.3, -0.25) is 28.9 Å². The van der Waals surface area contributed by atoms with E-state index in [0.29, 0.717) is 4.90 Å². The van der Waals surface area contributed by atoms with Crippen LogP contribution in [0.2, 0.25) is 0 Å². The number of primary amides is 1. The van der Waals surface area contributed by atoms with Crippen LogP contribution in [0.4, 0.5) is 4.79 Å². The standard InChI is InChI=1S/C26H37N5O12/c1-13(23(38)29-16(22(27)37)9-10-19(35)31(3)26(41)42)28-24(39)14(2)43-21(20(36)18(34)12-33)17(11-32)30-25(40)15-7-5-4-6-8-15/h4-8,11,13-14,16-18,20-21,33-34,36H,9-10,12H2,1-3H3,(H2,27,37)(H,28,39)(H,29,38)(H,30,40)(H,41,42)/t13?,14?,16?,17-,18+,20+,21+/m0/s1. The van der Waals surface area contributed by atoms with Gasteiger partial charge >= 0.3 is 6.09 Å². The van der Waals surface area contributed by atoms with Crippen LogP contribution < -0.4 is 21.7 Å². The molecule has 9 N–H and O–H groups in total. The molecule has 0 aromatic heterocycles. The Hall–Kier alpha value is -4.45. The van der Waals surface area contributed by atoms with E-state index in [0.717, 1.165) is 7.05 Å². The first kappa shape index (κ1) is 36.6. The van der Waals surface area contributed by atoms with Crippen molar-refractivity contribution in [3.8, 4) is 0 Å². The zero-order chi connectivity index (χ0) is 32.9. The van der Waals surface area contributed by atoms with Crippen molar-refractivity contribution >= 4 is 41.9 Å². The Bertz CT molecular complexity index is 1150. The normalized spacial score (nSPS) is 15.8. The monoisotopic (exact) mass is 611 g/mol. The summed E-state index contributed by atoms with van der Waals surface area (Å²) in [6.45, 7) is 1.47.